The van der Waals surface area contributed by atoms with Gasteiger partial charge in [0.15, 0.2) is 11.4 Å². The van der Waals surface area contributed by atoms with Gasteiger partial charge in [0.2, 0.25) is 11.7 Å². The highest BCUT2D eigenvalue weighted by Crippen LogP contribution is 2.53. The lowest BCUT2D eigenvalue weighted by atomic mass is 9.57. The number of phenols is 1. The third-order valence-corrected chi connectivity index (χ3v) is 8.91. The average Bonchev–Trinajstić information content (AvgIpc) is 3.41. The van der Waals surface area contributed by atoms with Gasteiger partial charge in [-0.1, -0.05) is 12.1 Å². The van der Waals surface area contributed by atoms with Crippen LogP contribution >= 0.6 is 36.2 Å². The normalized spacial score (nSPS) is 24.4. The van der Waals surface area contributed by atoms with Gasteiger partial charge in [-0.2, -0.15) is 0 Å². The van der Waals surface area contributed by atoms with Crippen molar-refractivity contribution < 1.29 is 39.6 Å². The molecule has 1 fully saturated rings. The van der Waals surface area contributed by atoms with Gasteiger partial charge in [0.05, 0.1) is 23.8 Å². The van der Waals surface area contributed by atoms with Crippen LogP contribution in [-0.2, 0) is 32.1 Å². The molecule has 1 saturated carbocycles. The van der Waals surface area contributed by atoms with Gasteiger partial charge in [-0.15, -0.1) is 36.2 Å². The Morgan fingerprint density at radius 2 is 1.84 bits per heavy atom. The number of ketones is 2. The maximum atomic E-state index is 13.9. The molecule has 1 heterocycles. The summed E-state index contributed by atoms with van der Waals surface area (Å²) in [7, 11) is 3.08. The number of carbonyl (C=O) groups is 4. The SMILES string of the molecule is CN(C)[C@@H]1C(=O)C(C(N)=O)=C(O)C2(O)C(=O)C3=C(O)c4c(ccc(NC(=O)CNCc5cccs5)c4O)CC3CC12.Cl.Cl. The lowest BCUT2D eigenvalue weighted by Gasteiger charge is -2.50. The number of nitrogens with zero attached hydrogens (tertiary/aromatic N) is 1. The summed E-state index contributed by atoms with van der Waals surface area (Å²) in [5.41, 5.74) is 1.91. The molecule has 0 saturated heterocycles. The molecule has 1 aromatic carbocycles. The van der Waals surface area contributed by atoms with Crippen molar-refractivity contribution in [1.82, 2.24) is 10.2 Å². The van der Waals surface area contributed by atoms with Gasteiger partial charge in [0.25, 0.3) is 5.91 Å². The number of anilines is 1. The molecule has 12 nitrogen and oxygen atoms in total. The Morgan fingerprint density at radius 1 is 1.14 bits per heavy atom. The molecule has 0 radical (unpaired) electrons. The standard InChI is InChI=1S/C28H30N4O8S.2ClH/c1-32(2)21-15-9-13-8-12-5-6-16(31-17(33)11-30-10-14-4-3-7-41-14)22(34)18(12)23(35)19(13)25(37)28(15,40)26(38)20(24(21)36)27(29)39;;/h3-7,13,15,21,30,34-35,38,40H,8-11H2,1-2H3,(H2,29,39)(H,31,33);2*1H/t13?,15?,21-,28?;;/m0../s1. The number of rotatable bonds is 7. The number of fused-ring (bicyclic) bond motifs is 3. The zero-order chi connectivity index (χ0) is 29.8. The Bertz CT molecular complexity index is 1540. The van der Waals surface area contributed by atoms with E-state index >= 15 is 0 Å². The second kappa shape index (κ2) is 12.6. The zero-order valence-electron chi connectivity index (χ0n) is 23.1. The van der Waals surface area contributed by atoms with E-state index in [1.807, 2.05) is 17.5 Å². The fourth-order valence-corrected chi connectivity index (χ4v) is 6.90. The third kappa shape index (κ3) is 5.52. The summed E-state index contributed by atoms with van der Waals surface area (Å²) in [5, 5.41) is 52.4. The van der Waals surface area contributed by atoms with Crippen molar-refractivity contribution in [3.8, 4) is 5.75 Å². The summed E-state index contributed by atoms with van der Waals surface area (Å²) in [6.45, 7) is 0.441. The second-order valence-corrected chi connectivity index (χ2v) is 11.7. The van der Waals surface area contributed by atoms with Crippen molar-refractivity contribution in [2.45, 2.75) is 31.0 Å². The summed E-state index contributed by atoms with van der Waals surface area (Å²) < 4.78 is 0. The van der Waals surface area contributed by atoms with E-state index in [4.69, 9.17) is 5.73 Å². The highest BCUT2D eigenvalue weighted by Gasteiger charge is 2.64. The molecule has 0 aliphatic heterocycles. The predicted octanol–water partition coefficient (Wildman–Crippen LogP) is 1.60. The number of Topliss-reactive ketones (excluding diaryl/α,β-unsaturated/α-hetero) is 2. The smallest absolute Gasteiger partial charge is 0.255 e. The highest BCUT2D eigenvalue weighted by atomic mass is 35.5. The summed E-state index contributed by atoms with van der Waals surface area (Å²) in [4.78, 5) is 54.1. The van der Waals surface area contributed by atoms with Crippen LogP contribution in [0.25, 0.3) is 5.76 Å². The van der Waals surface area contributed by atoms with E-state index in [2.05, 4.69) is 10.6 Å². The Morgan fingerprint density at radius 3 is 2.44 bits per heavy atom. The zero-order valence-corrected chi connectivity index (χ0v) is 25.6. The van der Waals surface area contributed by atoms with Crippen LogP contribution in [-0.4, -0.2) is 81.0 Å². The monoisotopic (exact) mass is 654 g/mol. The molecule has 2 amide bonds. The molecule has 43 heavy (non-hydrogen) atoms. The minimum Gasteiger partial charge on any atom is -0.508 e. The molecule has 0 bridgehead atoms. The molecule has 3 unspecified atom stereocenters. The van der Waals surface area contributed by atoms with Crippen molar-refractivity contribution in [3.05, 3.63) is 62.6 Å². The van der Waals surface area contributed by atoms with Gasteiger partial charge in [-0.05, 0) is 55.9 Å². The van der Waals surface area contributed by atoms with Gasteiger partial charge in [-0.25, -0.2) is 0 Å². The van der Waals surface area contributed by atoms with Crippen LogP contribution in [0.15, 0.2) is 46.6 Å². The summed E-state index contributed by atoms with van der Waals surface area (Å²) in [6.07, 6.45) is 0.166. The third-order valence-electron chi connectivity index (χ3n) is 8.03. The molecule has 15 heteroatoms. The predicted molar refractivity (Wildman–Crippen MR) is 163 cm³/mol. The number of likely N-dealkylation sites (N-methyl/N-ethyl adjacent to an activating group) is 1. The molecule has 0 spiro atoms. The number of halogens is 2. The van der Waals surface area contributed by atoms with Crippen molar-refractivity contribution >= 4 is 71.0 Å². The maximum absolute atomic E-state index is 13.9. The first kappa shape index (κ1) is 34.0. The van der Waals surface area contributed by atoms with E-state index in [1.165, 1.54) is 11.0 Å². The first-order chi connectivity index (χ1) is 19.4. The highest BCUT2D eigenvalue weighted by molar-refractivity contribution is 7.09. The number of aliphatic hydroxyl groups is 3. The molecule has 3 aliphatic rings. The van der Waals surface area contributed by atoms with E-state index in [-0.39, 0.29) is 61.0 Å². The van der Waals surface area contributed by atoms with Crippen LogP contribution in [0.3, 0.4) is 0 Å². The van der Waals surface area contributed by atoms with Gasteiger partial charge in [0, 0.05) is 22.9 Å². The molecule has 5 rings (SSSR count). The van der Waals surface area contributed by atoms with Gasteiger partial charge in [0.1, 0.15) is 22.8 Å². The first-order valence-corrected chi connectivity index (χ1v) is 13.8. The topological polar surface area (TPSA) is 203 Å². The Hall–Kier alpha value is -3.46. The van der Waals surface area contributed by atoms with E-state index in [9.17, 15) is 39.6 Å². The molecular weight excluding hydrogens is 623 g/mol. The lowest BCUT2D eigenvalue weighted by Crippen LogP contribution is -2.65. The van der Waals surface area contributed by atoms with E-state index in [0.717, 1.165) is 4.88 Å². The van der Waals surface area contributed by atoms with Crippen molar-refractivity contribution in [2.24, 2.45) is 17.6 Å². The van der Waals surface area contributed by atoms with Crippen LogP contribution in [0, 0.1) is 11.8 Å². The van der Waals surface area contributed by atoms with Crippen LogP contribution in [0.1, 0.15) is 22.4 Å². The number of nitrogens with two attached hydrogens (primary N) is 1. The number of primary amides is 1. The van der Waals surface area contributed by atoms with Crippen LogP contribution < -0.4 is 16.4 Å². The number of hydrogen-bond donors (Lipinski definition) is 7. The number of aliphatic hydroxyl groups excluding tert-OH is 2. The Labute approximate surface area is 263 Å². The molecular formula is C28H32Cl2N4O8S. The van der Waals surface area contributed by atoms with Crippen molar-refractivity contribution in [1.29, 1.82) is 0 Å². The molecule has 3 aliphatic carbocycles. The molecule has 2 aromatic rings. The quantitative estimate of drug-likeness (QED) is 0.170. The fourth-order valence-electron chi connectivity index (χ4n) is 6.23. The number of phenolic OH excluding ortho intramolecular Hbond substituents is 1. The van der Waals surface area contributed by atoms with E-state index in [0.29, 0.717) is 12.1 Å². The largest absolute Gasteiger partial charge is 0.508 e. The van der Waals surface area contributed by atoms with Crippen molar-refractivity contribution in [2.75, 3.05) is 26.0 Å². The van der Waals surface area contributed by atoms with Crippen LogP contribution in [0.5, 0.6) is 5.75 Å². The average molecular weight is 656 g/mol. The number of benzene rings is 1. The molecule has 8 N–H and O–H groups in total. The molecule has 1 aromatic heterocycles. The Balaban J connectivity index is 0.00000253. The summed E-state index contributed by atoms with van der Waals surface area (Å²) >= 11 is 1.54. The van der Waals surface area contributed by atoms with Gasteiger partial charge in [-0.3, -0.25) is 24.1 Å². The minimum absolute atomic E-state index is 0. The van der Waals surface area contributed by atoms with Gasteiger partial charge < -0.3 is 36.8 Å². The van der Waals surface area contributed by atoms with E-state index < -0.39 is 69.7 Å². The van der Waals surface area contributed by atoms with Crippen LogP contribution in [0.4, 0.5) is 5.69 Å². The molecule has 232 valence electrons. The maximum Gasteiger partial charge on any atom is 0.255 e. The lowest BCUT2D eigenvalue weighted by molar-refractivity contribution is -0.153. The number of nitrogens with one attached hydrogen (secondary N) is 2. The van der Waals surface area contributed by atoms with Crippen LogP contribution in [0.2, 0.25) is 0 Å². The number of carbonyl (C=O) groups excluding carboxylic acids is 4. The number of aromatic hydroxyl groups is 1. The fraction of sp³-hybridized carbons (Fsp3) is 0.357. The molecule has 4 atom stereocenters. The number of hydrogen-bond acceptors (Lipinski definition) is 11. The second-order valence-electron chi connectivity index (χ2n) is 10.7. The number of thiophene rings is 1. The van der Waals surface area contributed by atoms with Crippen molar-refractivity contribution in [3.63, 3.8) is 0 Å². The number of amides is 2. The van der Waals surface area contributed by atoms with E-state index in [1.54, 1.807) is 31.5 Å². The van der Waals surface area contributed by atoms with Gasteiger partial charge >= 0.3 is 0 Å². The summed E-state index contributed by atoms with van der Waals surface area (Å²) in [5.74, 6) is -7.69. The minimum atomic E-state index is -2.71. The first-order valence-electron chi connectivity index (χ1n) is 12.9. The Kier molecular flexibility index (Phi) is 10.0. The summed E-state index contributed by atoms with van der Waals surface area (Å²) in [6, 6.07) is 5.78.